The molecule has 1 heterocycles. The van der Waals surface area contributed by atoms with Gasteiger partial charge in [-0.2, -0.15) is 0 Å². The first-order chi connectivity index (χ1) is 10.7. The van der Waals surface area contributed by atoms with Crippen molar-refractivity contribution in [1.29, 1.82) is 0 Å². The molecule has 1 unspecified atom stereocenters. The highest BCUT2D eigenvalue weighted by atomic mass is 16.5. The second-order valence-electron chi connectivity index (χ2n) is 7.45. The van der Waals surface area contributed by atoms with Crippen LogP contribution in [-0.2, 0) is 5.60 Å². The molecule has 0 radical (unpaired) electrons. The van der Waals surface area contributed by atoms with Crippen LogP contribution in [0.5, 0.6) is 11.5 Å². The van der Waals surface area contributed by atoms with Crippen molar-refractivity contribution in [3.8, 4) is 11.5 Å². The highest BCUT2D eigenvalue weighted by Gasteiger charge is 2.42. The molecule has 0 aliphatic carbocycles. The van der Waals surface area contributed by atoms with Crippen LogP contribution < -0.4 is 9.84 Å². The van der Waals surface area contributed by atoms with Crippen molar-refractivity contribution in [2.24, 2.45) is 5.41 Å². The first-order valence-electron chi connectivity index (χ1n) is 7.96. The summed E-state index contributed by atoms with van der Waals surface area (Å²) in [5.41, 5.74) is 2.17. The molecule has 1 atom stereocenters. The summed E-state index contributed by atoms with van der Waals surface area (Å²) in [6.45, 7) is 8.74. The van der Waals surface area contributed by atoms with Crippen LogP contribution in [0.25, 0.3) is 0 Å². The Balaban J connectivity index is 2.26. The third-order valence-corrected chi connectivity index (χ3v) is 4.71. The summed E-state index contributed by atoms with van der Waals surface area (Å²) in [4.78, 5) is 0. The molecule has 3 heteroatoms. The number of rotatable bonds is 1. The van der Waals surface area contributed by atoms with Gasteiger partial charge in [0.05, 0.1) is 6.61 Å². The quantitative estimate of drug-likeness (QED) is 0.878. The second-order valence-corrected chi connectivity index (χ2v) is 7.45. The van der Waals surface area contributed by atoms with Gasteiger partial charge < -0.3 is 14.9 Å². The molecule has 0 saturated heterocycles. The summed E-state index contributed by atoms with van der Waals surface area (Å²) >= 11 is 0. The fourth-order valence-corrected chi connectivity index (χ4v) is 3.36. The van der Waals surface area contributed by atoms with Crippen LogP contribution in [-0.4, -0.2) is 11.7 Å². The molecule has 122 valence electrons. The first-order valence-corrected chi connectivity index (χ1v) is 7.96. The fraction of sp³-hybridized carbons (Fsp3) is 0.400. The third kappa shape index (κ3) is 2.81. The fourth-order valence-electron chi connectivity index (χ4n) is 3.36. The molecule has 2 aromatic rings. The molecule has 1 aliphatic heterocycles. The smallest absolute Gasteiger partial charge is 0.126 e. The number of hydrogen-bond acceptors (Lipinski definition) is 3. The molecule has 1 N–H and O–H groups in total. The molecule has 0 amide bonds. The summed E-state index contributed by atoms with van der Waals surface area (Å²) in [7, 11) is 0. The maximum absolute atomic E-state index is 11.8. The molecule has 0 saturated carbocycles. The van der Waals surface area contributed by atoms with Crippen molar-refractivity contribution >= 4 is 0 Å². The largest absolute Gasteiger partial charge is 0.872 e. The Kier molecular flexibility index (Phi) is 3.64. The molecule has 0 bridgehead atoms. The van der Waals surface area contributed by atoms with Crippen LogP contribution in [0.1, 0.15) is 42.5 Å². The lowest BCUT2D eigenvalue weighted by Gasteiger charge is -2.34. The van der Waals surface area contributed by atoms with Gasteiger partial charge in [0.15, 0.2) is 0 Å². The number of aliphatic hydroxyl groups is 1. The van der Waals surface area contributed by atoms with Crippen molar-refractivity contribution in [1.82, 2.24) is 0 Å². The molecule has 1 aliphatic rings. The topological polar surface area (TPSA) is 52.5 Å². The van der Waals surface area contributed by atoms with E-state index in [4.69, 9.17) is 4.74 Å². The van der Waals surface area contributed by atoms with E-state index in [2.05, 4.69) is 13.8 Å². The average molecular weight is 311 g/mol. The summed E-state index contributed by atoms with van der Waals surface area (Å²) in [5.74, 6) is 0.613. The molecule has 0 aromatic heterocycles. The Labute approximate surface area is 137 Å². The van der Waals surface area contributed by atoms with Crippen LogP contribution in [0.4, 0.5) is 0 Å². The van der Waals surface area contributed by atoms with Gasteiger partial charge in [-0.15, -0.1) is 5.75 Å². The molecule has 0 spiro atoms. The van der Waals surface area contributed by atoms with Gasteiger partial charge in [-0.25, -0.2) is 0 Å². The third-order valence-electron chi connectivity index (χ3n) is 4.71. The van der Waals surface area contributed by atoms with E-state index in [1.165, 1.54) is 12.1 Å². The highest BCUT2D eigenvalue weighted by Crippen LogP contribution is 2.47. The van der Waals surface area contributed by atoms with Crippen LogP contribution in [0, 0.1) is 19.3 Å². The number of benzene rings is 2. The number of fused-ring (bicyclic) bond motifs is 1. The Morgan fingerprint density at radius 2 is 1.78 bits per heavy atom. The van der Waals surface area contributed by atoms with Gasteiger partial charge in [-0.1, -0.05) is 38.1 Å². The zero-order valence-corrected chi connectivity index (χ0v) is 14.1. The Morgan fingerprint density at radius 1 is 1.09 bits per heavy atom. The molecule has 2 aromatic carbocycles. The average Bonchev–Trinajstić information content (AvgIpc) is 2.56. The minimum Gasteiger partial charge on any atom is -0.872 e. The van der Waals surface area contributed by atoms with E-state index in [9.17, 15) is 10.2 Å². The lowest BCUT2D eigenvalue weighted by Crippen LogP contribution is -2.33. The summed E-state index contributed by atoms with van der Waals surface area (Å²) < 4.78 is 6.01. The second kappa shape index (κ2) is 5.27. The predicted molar refractivity (Wildman–Crippen MR) is 88.7 cm³/mol. The van der Waals surface area contributed by atoms with E-state index in [0.29, 0.717) is 24.3 Å². The highest BCUT2D eigenvalue weighted by molar-refractivity contribution is 5.50. The Bertz CT molecular complexity index is 749. The molecular formula is C20H23O3-. The Morgan fingerprint density at radius 3 is 2.48 bits per heavy atom. The van der Waals surface area contributed by atoms with E-state index in [1.54, 1.807) is 6.07 Å². The minimum atomic E-state index is -1.23. The van der Waals surface area contributed by atoms with Gasteiger partial charge in [-0.3, -0.25) is 0 Å². The monoisotopic (exact) mass is 311 g/mol. The van der Waals surface area contributed by atoms with Gasteiger partial charge in [-0.05, 0) is 49.1 Å². The first kappa shape index (κ1) is 15.9. The van der Waals surface area contributed by atoms with Crippen LogP contribution in [0.3, 0.4) is 0 Å². The molecule has 23 heavy (non-hydrogen) atoms. The summed E-state index contributed by atoms with van der Waals surface area (Å²) in [6, 6.07) is 10.5. The van der Waals surface area contributed by atoms with E-state index < -0.39 is 5.60 Å². The van der Waals surface area contributed by atoms with Crippen LogP contribution >= 0.6 is 0 Å². The molecule has 0 fully saturated rings. The van der Waals surface area contributed by atoms with Crippen molar-refractivity contribution in [2.45, 2.75) is 39.7 Å². The van der Waals surface area contributed by atoms with Gasteiger partial charge in [0, 0.05) is 11.0 Å². The van der Waals surface area contributed by atoms with Crippen molar-refractivity contribution in [2.75, 3.05) is 6.61 Å². The van der Waals surface area contributed by atoms with E-state index in [1.807, 2.05) is 32.0 Å². The van der Waals surface area contributed by atoms with E-state index in [0.717, 1.165) is 16.7 Å². The van der Waals surface area contributed by atoms with Crippen LogP contribution in [0.15, 0.2) is 36.4 Å². The molecule has 3 nitrogen and oxygen atoms in total. The van der Waals surface area contributed by atoms with Gasteiger partial charge >= 0.3 is 0 Å². The van der Waals surface area contributed by atoms with Crippen molar-refractivity contribution < 1.29 is 14.9 Å². The minimum absolute atomic E-state index is 0.0933. The maximum Gasteiger partial charge on any atom is 0.126 e. The predicted octanol–water partition coefficient (Wildman–Crippen LogP) is 3.42. The van der Waals surface area contributed by atoms with Gasteiger partial charge in [0.1, 0.15) is 11.4 Å². The van der Waals surface area contributed by atoms with E-state index in [-0.39, 0.29) is 11.2 Å². The number of hydrogen-bond donors (Lipinski definition) is 1. The van der Waals surface area contributed by atoms with E-state index >= 15 is 0 Å². The molecule has 3 rings (SSSR count). The lowest BCUT2D eigenvalue weighted by molar-refractivity contribution is -0.268. The van der Waals surface area contributed by atoms with Gasteiger partial charge in [0.2, 0.25) is 0 Å². The number of aryl methyl sites for hydroxylation is 2. The molecular weight excluding hydrogens is 288 g/mol. The SMILES string of the molecule is Cc1cc2c(cc1C)C(O)(c1cccc([O-])c1)CC(C)(C)CO2. The number of ether oxygens (including phenoxy) is 1. The van der Waals surface area contributed by atoms with Crippen molar-refractivity contribution in [3.05, 3.63) is 58.7 Å². The zero-order valence-electron chi connectivity index (χ0n) is 14.1. The standard InChI is InChI=1S/C20H24O3/c1-13-8-17-18(9-14(13)2)23-12-19(3,4)11-20(17,22)15-6-5-7-16(21)10-15/h5-10,21-22H,11-12H2,1-4H3/p-1. The maximum atomic E-state index is 11.8. The zero-order chi connectivity index (χ0) is 16.8. The lowest BCUT2D eigenvalue weighted by atomic mass is 9.74. The van der Waals surface area contributed by atoms with Crippen molar-refractivity contribution in [3.63, 3.8) is 0 Å². The van der Waals surface area contributed by atoms with Crippen LogP contribution in [0.2, 0.25) is 0 Å². The summed E-state index contributed by atoms with van der Waals surface area (Å²) in [5, 5.41) is 23.4. The Hall–Kier alpha value is -2.00. The summed E-state index contributed by atoms with van der Waals surface area (Å²) in [6.07, 6.45) is 0.499. The van der Waals surface area contributed by atoms with Gasteiger partial charge in [0.25, 0.3) is 0 Å². The normalized spacial score (nSPS) is 22.8.